The highest BCUT2D eigenvalue weighted by Crippen LogP contribution is 2.52. The molecule has 1 atom stereocenters. The van der Waals surface area contributed by atoms with Crippen LogP contribution >= 0.6 is 0 Å². The number of carbonyl (C=O) groups excluding carboxylic acids is 2. The predicted octanol–water partition coefficient (Wildman–Crippen LogP) is 1.44. The number of amides is 1. The minimum Gasteiger partial charge on any atom is -0.295 e. The van der Waals surface area contributed by atoms with Crippen molar-refractivity contribution in [3.63, 3.8) is 0 Å². The third kappa shape index (κ3) is 0.895. The Morgan fingerprint density at radius 1 is 1.19 bits per heavy atom. The topological polar surface area (TPSA) is 57.6 Å². The van der Waals surface area contributed by atoms with Crippen LogP contribution in [0.4, 0.5) is 0 Å². The molecule has 0 radical (unpaired) electrons. The zero-order valence-corrected chi connectivity index (χ0v) is 9.11. The van der Waals surface area contributed by atoms with E-state index in [1.165, 1.54) is 0 Å². The Labute approximate surface area is 93.9 Å². The van der Waals surface area contributed by atoms with Gasteiger partial charge < -0.3 is 0 Å². The molecule has 1 amide bonds. The van der Waals surface area contributed by atoms with E-state index in [1.54, 1.807) is 6.08 Å². The predicted molar refractivity (Wildman–Crippen MR) is 55.6 cm³/mol. The molecular formula is C12H15NO3. The molecule has 2 spiro atoms. The van der Waals surface area contributed by atoms with Crippen LogP contribution in [0.1, 0.15) is 38.5 Å². The van der Waals surface area contributed by atoms with Crippen LogP contribution in [0.5, 0.6) is 0 Å². The summed E-state index contributed by atoms with van der Waals surface area (Å²) in [5.74, 6) is -0.444. The van der Waals surface area contributed by atoms with Crippen molar-refractivity contribution < 1.29 is 14.8 Å². The largest absolute Gasteiger partial charge is 0.295 e. The Balaban J connectivity index is 2.10. The molecule has 0 aromatic heterocycles. The Morgan fingerprint density at radius 3 is 2.44 bits per heavy atom. The lowest BCUT2D eigenvalue weighted by molar-refractivity contribution is -0.178. The fourth-order valence-corrected chi connectivity index (χ4v) is 3.44. The summed E-state index contributed by atoms with van der Waals surface area (Å²) < 4.78 is 0. The summed E-state index contributed by atoms with van der Waals surface area (Å²) >= 11 is 0. The van der Waals surface area contributed by atoms with E-state index in [1.807, 2.05) is 6.08 Å². The van der Waals surface area contributed by atoms with E-state index >= 15 is 0 Å². The molecular weight excluding hydrogens is 206 g/mol. The van der Waals surface area contributed by atoms with Gasteiger partial charge in [-0.2, -0.15) is 0 Å². The molecule has 3 aliphatic rings. The molecule has 1 saturated carbocycles. The number of allylic oxidation sites excluding steroid dienone is 1. The van der Waals surface area contributed by atoms with Gasteiger partial charge in [0, 0.05) is 0 Å². The molecule has 2 aliphatic carbocycles. The first-order chi connectivity index (χ1) is 7.63. The van der Waals surface area contributed by atoms with Gasteiger partial charge in [0.05, 0.1) is 0 Å². The average Bonchev–Trinajstić information content (AvgIpc) is 2.98. The fraction of sp³-hybridized carbons (Fsp3) is 0.667. The summed E-state index contributed by atoms with van der Waals surface area (Å²) in [6.45, 7) is 0. The maximum Gasteiger partial charge on any atom is 0.260 e. The van der Waals surface area contributed by atoms with Crippen molar-refractivity contribution >= 4 is 11.7 Å². The van der Waals surface area contributed by atoms with E-state index in [0.29, 0.717) is 24.3 Å². The van der Waals surface area contributed by atoms with Crippen LogP contribution in [0, 0.1) is 5.41 Å². The monoisotopic (exact) mass is 221 g/mol. The van der Waals surface area contributed by atoms with E-state index in [2.05, 4.69) is 0 Å². The summed E-state index contributed by atoms with van der Waals surface area (Å²) in [6, 6.07) is 0. The van der Waals surface area contributed by atoms with Crippen LogP contribution in [0.15, 0.2) is 12.2 Å². The van der Waals surface area contributed by atoms with E-state index < -0.39 is 11.0 Å². The molecule has 1 saturated heterocycles. The Bertz CT molecular complexity index is 395. The molecule has 16 heavy (non-hydrogen) atoms. The molecule has 1 heterocycles. The third-order valence-electron chi connectivity index (χ3n) is 4.35. The number of Topliss-reactive ketones (excluding diaryl/α,β-unsaturated/α-hetero) is 1. The van der Waals surface area contributed by atoms with E-state index in [-0.39, 0.29) is 11.7 Å². The summed E-state index contributed by atoms with van der Waals surface area (Å²) in [4.78, 5) is 24.6. The molecule has 1 unspecified atom stereocenters. The Morgan fingerprint density at radius 2 is 1.88 bits per heavy atom. The second-order valence-corrected chi connectivity index (χ2v) is 5.10. The smallest absolute Gasteiger partial charge is 0.260 e. The maximum absolute atomic E-state index is 12.5. The first-order valence-electron chi connectivity index (χ1n) is 5.90. The van der Waals surface area contributed by atoms with Gasteiger partial charge >= 0.3 is 0 Å². The maximum atomic E-state index is 12.5. The Hall–Kier alpha value is -1.16. The SMILES string of the molecule is O=C1N(O)C2(C=CCC2)C(=O)C12CCCC2. The quantitative estimate of drug-likeness (QED) is 0.382. The molecule has 86 valence electrons. The van der Waals surface area contributed by atoms with Gasteiger partial charge in [-0.15, -0.1) is 0 Å². The minimum absolute atomic E-state index is 0.0706. The average molecular weight is 221 g/mol. The van der Waals surface area contributed by atoms with Crippen LogP contribution in [0.3, 0.4) is 0 Å². The molecule has 0 aromatic carbocycles. The first kappa shape index (κ1) is 10.0. The van der Waals surface area contributed by atoms with Gasteiger partial charge in [-0.25, -0.2) is 5.06 Å². The van der Waals surface area contributed by atoms with Crippen LogP contribution in [-0.4, -0.2) is 27.5 Å². The molecule has 1 N–H and O–H groups in total. The zero-order valence-electron chi connectivity index (χ0n) is 9.11. The van der Waals surface area contributed by atoms with Gasteiger partial charge in [0.25, 0.3) is 5.91 Å². The Kier molecular flexibility index (Phi) is 1.84. The lowest BCUT2D eigenvalue weighted by Gasteiger charge is -2.25. The summed E-state index contributed by atoms with van der Waals surface area (Å²) in [7, 11) is 0. The van der Waals surface area contributed by atoms with Crippen molar-refractivity contribution in [2.45, 2.75) is 44.1 Å². The van der Waals surface area contributed by atoms with Crippen molar-refractivity contribution in [1.29, 1.82) is 0 Å². The van der Waals surface area contributed by atoms with Crippen molar-refractivity contribution in [2.75, 3.05) is 0 Å². The highest BCUT2D eigenvalue weighted by atomic mass is 16.5. The van der Waals surface area contributed by atoms with Crippen LogP contribution in [0.2, 0.25) is 0 Å². The molecule has 4 nitrogen and oxygen atoms in total. The molecule has 2 fully saturated rings. The van der Waals surface area contributed by atoms with E-state index in [9.17, 15) is 14.8 Å². The molecule has 0 aromatic rings. The van der Waals surface area contributed by atoms with Crippen molar-refractivity contribution in [1.82, 2.24) is 5.06 Å². The lowest BCUT2D eigenvalue weighted by Crippen LogP contribution is -2.44. The number of hydrogen-bond donors (Lipinski definition) is 1. The van der Waals surface area contributed by atoms with Gasteiger partial charge in [0.1, 0.15) is 11.0 Å². The number of carbonyl (C=O) groups is 2. The first-order valence-corrected chi connectivity index (χ1v) is 5.90. The lowest BCUT2D eigenvalue weighted by atomic mass is 9.77. The van der Waals surface area contributed by atoms with Gasteiger partial charge in [0.15, 0.2) is 5.78 Å². The van der Waals surface area contributed by atoms with Crippen LogP contribution < -0.4 is 0 Å². The standard InChI is InChI=1S/C12H15NO3/c14-9-11(5-1-2-6-11)10(15)13(16)12(9)7-3-4-8-12/h3,7,16H,1-2,4-6,8H2. The second-order valence-electron chi connectivity index (χ2n) is 5.10. The fourth-order valence-electron chi connectivity index (χ4n) is 3.44. The number of rotatable bonds is 0. The zero-order chi connectivity index (χ0) is 11.4. The number of nitrogens with zero attached hydrogens (tertiary/aromatic N) is 1. The van der Waals surface area contributed by atoms with Crippen molar-refractivity contribution in [3.8, 4) is 0 Å². The molecule has 0 bridgehead atoms. The normalized spacial score (nSPS) is 36.2. The van der Waals surface area contributed by atoms with Crippen molar-refractivity contribution in [3.05, 3.63) is 12.2 Å². The van der Waals surface area contributed by atoms with Gasteiger partial charge in [0.2, 0.25) is 0 Å². The van der Waals surface area contributed by atoms with E-state index in [4.69, 9.17) is 0 Å². The van der Waals surface area contributed by atoms with Crippen LogP contribution in [0.25, 0.3) is 0 Å². The summed E-state index contributed by atoms with van der Waals surface area (Å²) in [5, 5.41) is 10.7. The molecule has 3 rings (SSSR count). The van der Waals surface area contributed by atoms with Crippen LogP contribution in [-0.2, 0) is 9.59 Å². The highest BCUT2D eigenvalue weighted by molar-refractivity contribution is 6.17. The second kappa shape index (κ2) is 2.94. The van der Waals surface area contributed by atoms with Gasteiger partial charge in [-0.3, -0.25) is 14.8 Å². The van der Waals surface area contributed by atoms with Gasteiger partial charge in [-0.05, 0) is 25.7 Å². The highest BCUT2D eigenvalue weighted by Gasteiger charge is 2.66. The number of hydroxylamine groups is 2. The summed E-state index contributed by atoms with van der Waals surface area (Å²) in [6.07, 6.45) is 7.91. The number of ketones is 1. The minimum atomic E-state index is -1.03. The molecule has 1 aliphatic heterocycles. The number of hydrogen-bond acceptors (Lipinski definition) is 3. The summed E-state index contributed by atoms with van der Waals surface area (Å²) in [5.41, 5.74) is -1.93. The third-order valence-corrected chi connectivity index (χ3v) is 4.35. The van der Waals surface area contributed by atoms with Gasteiger partial charge in [-0.1, -0.05) is 25.0 Å². The van der Waals surface area contributed by atoms with E-state index in [0.717, 1.165) is 19.3 Å². The van der Waals surface area contributed by atoms with Crippen molar-refractivity contribution in [2.24, 2.45) is 5.41 Å². The molecule has 4 heteroatoms.